The van der Waals surface area contributed by atoms with Crippen LogP contribution >= 0.6 is 0 Å². The molecule has 7 rings (SSSR count). The number of imidazole rings is 1. The molecular weight excluding hydrogens is 380 g/mol. The molecule has 30 heavy (non-hydrogen) atoms. The van der Waals surface area contributed by atoms with E-state index in [-0.39, 0.29) is 0 Å². The number of ether oxygens (including phenoxy) is 1. The van der Waals surface area contributed by atoms with Gasteiger partial charge in [0.25, 0.3) is 0 Å². The summed E-state index contributed by atoms with van der Waals surface area (Å²) in [6.45, 7) is 2.15. The normalized spacial score (nSPS) is 23.1. The summed E-state index contributed by atoms with van der Waals surface area (Å²) in [5.41, 5.74) is 4.14. The standard InChI is InChI=1S/C21H22N8O/c1-2-4-17-16(3-1)24-18(25-17)9-22-20-27-21(28-10-14-7-13(28)11-30-14)26-19-15(12-5-6-12)8-23-29(19)20/h1-4,8,12-14H,5-7,9-11H2,(H,24,25)(H,22,26,27)/t13-,14-/m0/s1. The lowest BCUT2D eigenvalue weighted by molar-refractivity contribution is 0.0986. The van der Waals surface area contributed by atoms with Crippen molar-refractivity contribution in [1.82, 2.24) is 29.5 Å². The monoisotopic (exact) mass is 402 g/mol. The minimum Gasteiger partial charge on any atom is -0.374 e. The van der Waals surface area contributed by atoms with Gasteiger partial charge in [0.2, 0.25) is 11.9 Å². The molecule has 1 saturated carbocycles. The molecule has 2 N–H and O–H groups in total. The minimum atomic E-state index is 0.301. The van der Waals surface area contributed by atoms with Crippen molar-refractivity contribution in [3.63, 3.8) is 0 Å². The van der Waals surface area contributed by atoms with Crippen LogP contribution in [0.2, 0.25) is 0 Å². The molecule has 1 aliphatic carbocycles. The molecule has 2 atom stereocenters. The van der Waals surface area contributed by atoms with Gasteiger partial charge in [-0.2, -0.15) is 19.6 Å². The van der Waals surface area contributed by atoms with Crippen LogP contribution < -0.4 is 10.2 Å². The summed E-state index contributed by atoms with van der Waals surface area (Å²) in [5, 5.41) is 8.05. The molecule has 9 heteroatoms. The van der Waals surface area contributed by atoms with Crippen LogP contribution in [-0.2, 0) is 11.3 Å². The van der Waals surface area contributed by atoms with Gasteiger partial charge in [0.05, 0.1) is 42.5 Å². The Hall–Kier alpha value is -3.20. The predicted octanol–water partition coefficient (Wildman–Crippen LogP) is 2.47. The first-order valence-electron chi connectivity index (χ1n) is 10.6. The number of morpholine rings is 1. The molecule has 4 aromatic rings. The fourth-order valence-corrected chi connectivity index (χ4v) is 4.71. The Morgan fingerprint density at radius 1 is 1.17 bits per heavy atom. The van der Waals surface area contributed by atoms with Gasteiger partial charge in [-0.3, -0.25) is 0 Å². The van der Waals surface area contributed by atoms with E-state index in [0.717, 1.165) is 48.0 Å². The van der Waals surface area contributed by atoms with Gasteiger partial charge >= 0.3 is 0 Å². The average molecular weight is 402 g/mol. The molecule has 9 nitrogen and oxygen atoms in total. The van der Waals surface area contributed by atoms with E-state index in [4.69, 9.17) is 14.7 Å². The quantitative estimate of drug-likeness (QED) is 0.529. The van der Waals surface area contributed by atoms with Crippen LogP contribution in [0.5, 0.6) is 0 Å². The Bertz CT molecular complexity index is 1230. The lowest BCUT2D eigenvalue weighted by Gasteiger charge is -2.27. The van der Waals surface area contributed by atoms with Crippen LogP contribution in [0.25, 0.3) is 16.7 Å². The zero-order valence-electron chi connectivity index (χ0n) is 16.5. The second-order valence-corrected chi connectivity index (χ2v) is 8.51. The number of fused-ring (bicyclic) bond motifs is 4. The number of para-hydroxylation sites is 2. The van der Waals surface area contributed by atoms with E-state index >= 15 is 0 Å². The molecule has 2 bridgehead atoms. The van der Waals surface area contributed by atoms with Gasteiger partial charge in [-0.1, -0.05) is 12.1 Å². The third kappa shape index (κ3) is 2.58. The first kappa shape index (κ1) is 16.6. The van der Waals surface area contributed by atoms with E-state index in [1.165, 1.54) is 18.4 Å². The molecule has 0 unspecified atom stereocenters. The molecular formula is C21H22N8O. The number of aromatic nitrogens is 6. The third-order valence-electron chi connectivity index (χ3n) is 6.41. The van der Waals surface area contributed by atoms with E-state index in [2.05, 4.69) is 25.3 Å². The van der Waals surface area contributed by atoms with E-state index < -0.39 is 0 Å². The van der Waals surface area contributed by atoms with Crippen molar-refractivity contribution in [3.8, 4) is 0 Å². The molecule has 152 valence electrons. The first-order chi connectivity index (χ1) is 14.8. The van der Waals surface area contributed by atoms with Crippen LogP contribution in [0.3, 0.4) is 0 Å². The van der Waals surface area contributed by atoms with Crippen molar-refractivity contribution in [2.24, 2.45) is 0 Å². The number of benzene rings is 1. The van der Waals surface area contributed by atoms with E-state index in [1.807, 2.05) is 35.0 Å². The summed E-state index contributed by atoms with van der Waals surface area (Å²) >= 11 is 0. The maximum Gasteiger partial charge on any atom is 0.231 e. The highest BCUT2D eigenvalue weighted by molar-refractivity contribution is 5.74. The number of nitrogens with one attached hydrogen (secondary N) is 2. The van der Waals surface area contributed by atoms with Gasteiger partial charge in [0.15, 0.2) is 5.65 Å². The molecule has 3 fully saturated rings. The van der Waals surface area contributed by atoms with Crippen LogP contribution in [0.1, 0.15) is 36.6 Å². The van der Waals surface area contributed by atoms with Crippen LogP contribution in [0.4, 0.5) is 11.9 Å². The van der Waals surface area contributed by atoms with E-state index in [0.29, 0.717) is 30.6 Å². The highest BCUT2D eigenvalue weighted by Crippen LogP contribution is 2.42. The Morgan fingerprint density at radius 2 is 2.10 bits per heavy atom. The van der Waals surface area contributed by atoms with Crippen molar-refractivity contribution in [3.05, 3.63) is 41.9 Å². The van der Waals surface area contributed by atoms with Gasteiger partial charge in [-0.05, 0) is 37.3 Å². The number of H-pyrrole nitrogens is 1. The van der Waals surface area contributed by atoms with Gasteiger partial charge in [-0.15, -0.1) is 0 Å². The Balaban J connectivity index is 1.26. The molecule has 0 radical (unpaired) electrons. The summed E-state index contributed by atoms with van der Waals surface area (Å²) in [6.07, 6.45) is 5.74. The maximum absolute atomic E-state index is 5.77. The Labute approximate surface area is 172 Å². The van der Waals surface area contributed by atoms with Crippen molar-refractivity contribution in [1.29, 1.82) is 0 Å². The van der Waals surface area contributed by atoms with Crippen LogP contribution in [-0.4, -0.2) is 54.8 Å². The molecule has 0 amide bonds. The maximum atomic E-state index is 5.77. The molecule has 1 aromatic carbocycles. The minimum absolute atomic E-state index is 0.301. The summed E-state index contributed by atoms with van der Waals surface area (Å²) in [5.74, 6) is 2.92. The highest BCUT2D eigenvalue weighted by Gasteiger charge is 2.41. The average Bonchev–Trinajstić information content (AvgIpc) is 3.17. The van der Waals surface area contributed by atoms with Gasteiger partial charge in [0.1, 0.15) is 5.82 Å². The van der Waals surface area contributed by atoms with E-state index in [9.17, 15) is 0 Å². The zero-order chi connectivity index (χ0) is 19.7. The van der Waals surface area contributed by atoms with Crippen LogP contribution in [0.15, 0.2) is 30.5 Å². The van der Waals surface area contributed by atoms with Crippen molar-refractivity contribution in [2.45, 2.75) is 43.9 Å². The number of hydrogen-bond donors (Lipinski definition) is 2. The molecule has 2 saturated heterocycles. The lowest BCUT2D eigenvalue weighted by atomic mass is 10.2. The Kier molecular flexibility index (Phi) is 3.40. The smallest absolute Gasteiger partial charge is 0.231 e. The van der Waals surface area contributed by atoms with E-state index in [1.54, 1.807) is 0 Å². The Morgan fingerprint density at radius 3 is 2.90 bits per heavy atom. The second-order valence-electron chi connectivity index (χ2n) is 8.51. The summed E-state index contributed by atoms with van der Waals surface area (Å²) < 4.78 is 7.61. The number of hydrogen-bond acceptors (Lipinski definition) is 7. The molecule has 5 heterocycles. The summed E-state index contributed by atoms with van der Waals surface area (Å²) in [4.78, 5) is 20.1. The topological polar surface area (TPSA) is 96.3 Å². The lowest BCUT2D eigenvalue weighted by Crippen LogP contribution is -2.38. The predicted molar refractivity (Wildman–Crippen MR) is 112 cm³/mol. The fraction of sp³-hybridized carbons (Fsp3) is 0.429. The first-order valence-corrected chi connectivity index (χ1v) is 10.6. The van der Waals surface area contributed by atoms with Gasteiger partial charge in [0, 0.05) is 12.1 Å². The summed E-state index contributed by atoms with van der Waals surface area (Å²) in [7, 11) is 0. The molecule has 0 spiro atoms. The van der Waals surface area contributed by atoms with Crippen LogP contribution in [0, 0.1) is 0 Å². The van der Waals surface area contributed by atoms with Crippen molar-refractivity contribution >= 4 is 28.6 Å². The second kappa shape index (κ2) is 6.15. The molecule has 3 aromatic heterocycles. The largest absolute Gasteiger partial charge is 0.374 e. The number of rotatable bonds is 5. The molecule has 3 aliphatic rings. The SMILES string of the molecule is c1ccc2[nH]c(CNc3nc(N4C[C@@H]5C[C@H]4CO5)nc4c(C5CC5)cnn34)nc2c1. The summed E-state index contributed by atoms with van der Waals surface area (Å²) in [6, 6.07) is 8.42. The molecule has 2 aliphatic heterocycles. The van der Waals surface area contributed by atoms with Crippen molar-refractivity contribution < 1.29 is 4.74 Å². The zero-order valence-corrected chi connectivity index (χ0v) is 16.5. The van der Waals surface area contributed by atoms with Gasteiger partial charge < -0.3 is 19.9 Å². The van der Waals surface area contributed by atoms with Gasteiger partial charge in [-0.25, -0.2) is 4.98 Å². The third-order valence-corrected chi connectivity index (χ3v) is 6.41. The number of aromatic amines is 1. The fourth-order valence-electron chi connectivity index (χ4n) is 4.71. The van der Waals surface area contributed by atoms with Crippen molar-refractivity contribution in [2.75, 3.05) is 23.4 Å². The number of anilines is 2. The number of nitrogens with zero attached hydrogens (tertiary/aromatic N) is 6. The highest BCUT2D eigenvalue weighted by atomic mass is 16.5.